The fraction of sp³-hybridized carbons (Fsp3) is 0.364. The van der Waals surface area contributed by atoms with Crippen LogP contribution in [-0.2, 0) is 22.6 Å². The summed E-state index contributed by atoms with van der Waals surface area (Å²) < 4.78 is 11.3. The summed E-state index contributed by atoms with van der Waals surface area (Å²) >= 11 is 6.30. The Morgan fingerprint density at radius 2 is 1.86 bits per heavy atom. The van der Waals surface area contributed by atoms with E-state index in [1.54, 1.807) is 11.0 Å². The summed E-state index contributed by atoms with van der Waals surface area (Å²) in [6, 6.07) is 11.2. The number of amides is 2. The van der Waals surface area contributed by atoms with E-state index in [1.807, 2.05) is 30.3 Å². The Labute approximate surface area is 174 Å². The Hall–Kier alpha value is -2.73. The van der Waals surface area contributed by atoms with Crippen LogP contribution in [0.5, 0.6) is 11.5 Å². The number of fused-ring (bicyclic) bond motifs is 1. The molecule has 2 aliphatic heterocycles. The van der Waals surface area contributed by atoms with Crippen LogP contribution < -0.4 is 19.7 Å². The number of halogens is 1. The standard InChI is InChI=1S/C22H23ClN2O4/c23-18-11-16(12-19-22(18)29-10-2-9-28-19)14-24-20(26)13-15-4-6-17(7-5-15)25-8-1-3-21(25)27/h4-7,11-12H,1-3,8-10,13-14H2,(H,24,26). The zero-order valence-electron chi connectivity index (χ0n) is 16.1. The van der Waals surface area contributed by atoms with E-state index >= 15 is 0 Å². The molecule has 4 rings (SSSR count). The molecule has 0 aromatic heterocycles. The summed E-state index contributed by atoms with van der Waals surface area (Å²) in [7, 11) is 0. The Kier molecular flexibility index (Phi) is 5.90. The lowest BCUT2D eigenvalue weighted by Gasteiger charge is -2.16. The molecule has 0 saturated carbocycles. The van der Waals surface area contributed by atoms with E-state index in [9.17, 15) is 9.59 Å². The molecule has 0 radical (unpaired) electrons. The summed E-state index contributed by atoms with van der Waals surface area (Å²) in [5.74, 6) is 1.25. The summed E-state index contributed by atoms with van der Waals surface area (Å²) in [6.07, 6.45) is 2.58. The molecule has 0 atom stereocenters. The first-order valence-electron chi connectivity index (χ1n) is 9.84. The third-order valence-electron chi connectivity index (χ3n) is 5.04. The van der Waals surface area contributed by atoms with Gasteiger partial charge in [-0.05, 0) is 41.8 Å². The molecule has 0 bridgehead atoms. The van der Waals surface area contributed by atoms with Gasteiger partial charge in [0.25, 0.3) is 0 Å². The molecule has 2 heterocycles. The van der Waals surface area contributed by atoms with Gasteiger partial charge in [-0.1, -0.05) is 23.7 Å². The molecule has 6 nitrogen and oxygen atoms in total. The van der Waals surface area contributed by atoms with E-state index in [-0.39, 0.29) is 18.2 Å². The van der Waals surface area contributed by atoms with Crippen LogP contribution in [0.3, 0.4) is 0 Å². The van der Waals surface area contributed by atoms with Crippen molar-refractivity contribution in [3.63, 3.8) is 0 Å². The summed E-state index contributed by atoms with van der Waals surface area (Å²) in [6.45, 7) is 2.28. The number of carbonyl (C=O) groups excluding carboxylic acids is 2. The van der Waals surface area contributed by atoms with E-state index < -0.39 is 0 Å². The molecular weight excluding hydrogens is 392 g/mol. The molecule has 7 heteroatoms. The predicted molar refractivity (Wildman–Crippen MR) is 111 cm³/mol. The van der Waals surface area contributed by atoms with Crippen molar-refractivity contribution in [2.24, 2.45) is 0 Å². The lowest BCUT2D eigenvalue weighted by atomic mass is 10.1. The van der Waals surface area contributed by atoms with Gasteiger partial charge in [-0.25, -0.2) is 0 Å². The molecule has 0 unspecified atom stereocenters. The lowest BCUT2D eigenvalue weighted by molar-refractivity contribution is -0.120. The van der Waals surface area contributed by atoms with Crippen molar-refractivity contribution in [2.75, 3.05) is 24.7 Å². The lowest BCUT2D eigenvalue weighted by Crippen LogP contribution is -2.25. The number of hydrogen-bond acceptors (Lipinski definition) is 4. The van der Waals surface area contributed by atoms with Crippen LogP contribution >= 0.6 is 11.6 Å². The maximum absolute atomic E-state index is 12.3. The smallest absolute Gasteiger partial charge is 0.227 e. The van der Waals surface area contributed by atoms with Crippen LogP contribution in [-0.4, -0.2) is 31.6 Å². The zero-order valence-corrected chi connectivity index (χ0v) is 16.8. The van der Waals surface area contributed by atoms with Crippen molar-refractivity contribution in [2.45, 2.75) is 32.2 Å². The van der Waals surface area contributed by atoms with Crippen molar-refractivity contribution >= 4 is 29.1 Å². The summed E-state index contributed by atoms with van der Waals surface area (Å²) in [4.78, 5) is 26.0. The molecule has 152 valence electrons. The summed E-state index contributed by atoms with van der Waals surface area (Å²) in [5, 5.41) is 3.40. The molecule has 1 fully saturated rings. The Balaban J connectivity index is 1.34. The van der Waals surface area contributed by atoms with Gasteiger partial charge in [-0.2, -0.15) is 0 Å². The van der Waals surface area contributed by atoms with E-state index in [0.717, 1.165) is 36.2 Å². The summed E-state index contributed by atoms with van der Waals surface area (Å²) in [5.41, 5.74) is 2.64. The van der Waals surface area contributed by atoms with Gasteiger partial charge in [0.05, 0.1) is 24.7 Å². The average molecular weight is 415 g/mol. The third-order valence-corrected chi connectivity index (χ3v) is 5.32. The van der Waals surface area contributed by atoms with Crippen molar-refractivity contribution in [1.82, 2.24) is 5.32 Å². The number of ether oxygens (including phenoxy) is 2. The molecule has 0 spiro atoms. The number of nitrogens with one attached hydrogen (secondary N) is 1. The monoisotopic (exact) mass is 414 g/mol. The quantitative estimate of drug-likeness (QED) is 0.813. The van der Waals surface area contributed by atoms with E-state index in [4.69, 9.17) is 21.1 Å². The maximum Gasteiger partial charge on any atom is 0.227 e. The fourth-order valence-electron chi connectivity index (χ4n) is 3.55. The van der Waals surface area contributed by atoms with Crippen molar-refractivity contribution in [3.8, 4) is 11.5 Å². The average Bonchev–Trinajstić information content (AvgIpc) is 2.99. The highest BCUT2D eigenvalue weighted by Crippen LogP contribution is 2.38. The first-order valence-corrected chi connectivity index (χ1v) is 10.2. The number of anilines is 1. The second-order valence-corrected chi connectivity index (χ2v) is 7.63. The van der Waals surface area contributed by atoms with Crippen molar-refractivity contribution < 1.29 is 19.1 Å². The second kappa shape index (κ2) is 8.74. The normalized spacial score (nSPS) is 15.9. The van der Waals surface area contributed by atoms with E-state index in [0.29, 0.717) is 42.7 Å². The number of benzene rings is 2. The first-order chi connectivity index (χ1) is 14.1. The molecule has 2 aliphatic rings. The van der Waals surface area contributed by atoms with Gasteiger partial charge in [0.1, 0.15) is 0 Å². The largest absolute Gasteiger partial charge is 0.489 e. The van der Waals surface area contributed by atoms with Crippen molar-refractivity contribution in [1.29, 1.82) is 0 Å². The van der Waals surface area contributed by atoms with Crippen LogP contribution in [0.15, 0.2) is 36.4 Å². The topological polar surface area (TPSA) is 67.9 Å². The molecule has 1 N–H and O–H groups in total. The number of nitrogens with zero attached hydrogens (tertiary/aromatic N) is 1. The minimum absolute atomic E-state index is 0.0850. The van der Waals surface area contributed by atoms with Gasteiger partial charge < -0.3 is 19.7 Å². The van der Waals surface area contributed by atoms with Crippen molar-refractivity contribution in [3.05, 3.63) is 52.5 Å². The highest BCUT2D eigenvalue weighted by atomic mass is 35.5. The van der Waals surface area contributed by atoms with Crippen LogP contribution in [0.25, 0.3) is 0 Å². The number of carbonyl (C=O) groups is 2. The molecule has 0 aliphatic carbocycles. The third kappa shape index (κ3) is 4.65. The van der Waals surface area contributed by atoms with Gasteiger partial charge in [0, 0.05) is 31.6 Å². The highest BCUT2D eigenvalue weighted by Gasteiger charge is 2.21. The van der Waals surface area contributed by atoms with Gasteiger partial charge >= 0.3 is 0 Å². The number of hydrogen-bond donors (Lipinski definition) is 1. The molecule has 1 saturated heterocycles. The van der Waals surface area contributed by atoms with E-state index in [2.05, 4.69) is 5.32 Å². The zero-order chi connectivity index (χ0) is 20.2. The molecular formula is C22H23ClN2O4. The van der Waals surface area contributed by atoms with Crippen LogP contribution in [0.4, 0.5) is 5.69 Å². The highest BCUT2D eigenvalue weighted by molar-refractivity contribution is 6.32. The Morgan fingerprint density at radius 1 is 1.07 bits per heavy atom. The SMILES string of the molecule is O=C(Cc1ccc(N2CCCC2=O)cc1)NCc1cc(Cl)c2c(c1)OCCCO2. The Bertz CT molecular complexity index is 914. The van der Waals surface area contributed by atoms with Crippen LogP contribution in [0.2, 0.25) is 5.02 Å². The molecule has 29 heavy (non-hydrogen) atoms. The first kappa shape index (κ1) is 19.6. The molecule has 2 aromatic carbocycles. The minimum atomic E-state index is -0.0850. The number of rotatable bonds is 5. The predicted octanol–water partition coefficient (Wildman–Crippen LogP) is 3.49. The van der Waals surface area contributed by atoms with Crippen LogP contribution in [0, 0.1) is 0 Å². The van der Waals surface area contributed by atoms with Gasteiger partial charge in [0.15, 0.2) is 11.5 Å². The maximum atomic E-state index is 12.3. The minimum Gasteiger partial charge on any atom is -0.489 e. The molecule has 2 amide bonds. The fourth-order valence-corrected chi connectivity index (χ4v) is 3.84. The van der Waals surface area contributed by atoms with Gasteiger partial charge in [0.2, 0.25) is 11.8 Å². The Morgan fingerprint density at radius 3 is 2.62 bits per heavy atom. The van der Waals surface area contributed by atoms with E-state index in [1.165, 1.54) is 0 Å². The molecule has 2 aromatic rings. The van der Waals surface area contributed by atoms with Gasteiger partial charge in [-0.15, -0.1) is 0 Å². The second-order valence-electron chi connectivity index (χ2n) is 7.22. The van der Waals surface area contributed by atoms with Gasteiger partial charge in [-0.3, -0.25) is 9.59 Å². The van der Waals surface area contributed by atoms with Crippen LogP contribution in [0.1, 0.15) is 30.4 Å².